The smallest absolute Gasteiger partial charge is 0.227 e. The first-order valence-electron chi connectivity index (χ1n) is 6.95. The molecule has 2 rings (SSSR count). The van der Waals surface area contributed by atoms with Crippen molar-refractivity contribution in [2.45, 2.75) is 26.2 Å². The van der Waals surface area contributed by atoms with Gasteiger partial charge in [0, 0.05) is 18.5 Å². The summed E-state index contributed by atoms with van der Waals surface area (Å²) in [6.45, 7) is 2.97. The van der Waals surface area contributed by atoms with Crippen molar-refractivity contribution in [3.63, 3.8) is 0 Å². The van der Waals surface area contributed by atoms with E-state index in [1.54, 1.807) is 23.1 Å². The molecular formula is C15H20FN3O2. The van der Waals surface area contributed by atoms with Gasteiger partial charge in [0.25, 0.3) is 0 Å². The number of hydrogen-bond acceptors (Lipinski definition) is 3. The van der Waals surface area contributed by atoms with Crippen molar-refractivity contribution >= 4 is 11.7 Å². The van der Waals surface area contributed by atoms with Crippen LogP contribution < -0.4 is 5.73 Å². The molecule has 0 saturated carbocycles. The van der Waals surface area contributed by atoms with E-state index in [0.29, 0.717) is 31.5 Å². The monoisotopic (exact) mass is 293 g/mol. The lowest BCUT2D eigenvalue weighted by atomic mass is 9.79. The molecule has 1 aliphatic heterocycles. The van der Waals surface area contributed by atoms with Crippen molar-refractivity contribution in [3.8, 4) is 0 Å². The summed E-state index contributed by atoms with van der Waals surface area (Å²) in [7, 11) is 0. The van der Waals surface area contributed by atoms with E-state index < -0.39 is 0 Å². The molecule has 0 aromatic heterocycles. The predicted octanol–water partition coefficient (Wildman–Crippen LogP) is 1.74. The number of halogens is 1. The van der Waals surface area contributed by atoms with Crippen molar-refractivity contribution < 1.29 is 14.4 Å². The fourth-order valence-corrected chi connectivity index (χ4v) is 2.54. The van der Waals surface area contributed by atoms with E-state index in [1.807, 2.05) is 6.92 Å². The maximum atomic E-state index is 13.6. The van der Waals surface area contributed by atoms with Gasteiger partial charge in [-0.05, 0) is 24.5 Å². The second-order valence-corrected chi connectivity index (χ2v) is 5.69. The first-order valence-corrected chi connectivity index (χ1v) is 6.95. The molecule has 0 atom stereocenters. The van der Waals surface area contributed by atoms with Crippen LogP contribution in [0.2, 0.25) is 0 Å². The highest BCUT2D eigenvalue weighted by molar-refractivity contribution is 5.86. The molecule has 6 heteroatoms. The van der Waals surface area contributed by atoms with Gasteiger partial charge in [-0.15, -0.1) is 0 Å². The molecule has 21 heavy (non-hydrogen) atoms. The van der Waals surface area contributed by atoms with Gasteiger partial charge in [0.2, 0.25) is 5.91 Å². The highest BCUT2D eigenvalue weighted by Crippen LogP contribution is 2.31. The van der Waals surface area contributed by atoms with Crippen LogP contribution in [-0.2, 0) is 11.2 Å². The van der Waals surface area contributed by atoms with Crippen LogP contribution in [0.4, 0.5) is 4.39 Å². The summed E-state index contributed by atoms with van der Waals surface area (Å²) in [5, 5.41) is 11.9. The van der Waals surface area contributed by atoms with Crippen LogP contribution >= 0.6 is 0 Å². The number of amidine groups is 1. The SMILES string of the molecule is CC1(/C(N)=N/O)CCN(C(=O)Cc2ccccc2F)CC1. The van der Waals surface area contributed by atoms with Crippen LogP contribution in [0.1, 0.15) is 25.3 Å². The number of carbonyl (C=O) groups excluding carboxylic acids is 1. The molecule has 1 saturated heterocycles. The Balaban J connectivity index is 1.97. The Kier molecular flexibility index (Phi) is 4.45. The van der Waals surface area contributed by atoms with Gasteiger partial charge < -0.3 is 15.8 Å². The van der Waals surface area contributed by atoms with E-state index in [0.717, 1.165) is 0 Å². The molecule has 1 aromatic carbocycles. The molecule has 0 radical (unpaired) electrons. The van der Waals surface area contributed by atoms with Gasteiger partial charge in [0.15, 0.2) is 0 Å². The highest BCUT2D eigenvalue weighted by atomic mass is 19.1. The zero-order valence-corrected chi connectivity index (χ0v) is 12.1. The Morgan fingerprint density at radius 1 is 1.43 bits per heavy atom. The van der Waals surface area contributed by atoms with Gasteiger partial charge in [-0.3, -0.25) is 4.79 Å². The van der Waals surface area contributed by atoms with Crippen LogP contribution in [-0.4, -0.2) is 34.9 Å². The number of piperidine rings is 1. The summed E-state index contributed by atoms with van der Waals surface area (Å²) in [6, 6.07) is 6.30. The zero-order valence-electron chi connectivity index (χ0n) is 12.1. The zero-order chi connectivity index (χ0) is 15.5. The number of amides is 1. The maximum Gasteiger partial charge on any atom is 0.227 e. The summed E-state index contributed by atoms with van der Waals surface area (Å²) in [4.78, 5) is 13.9. The Morgan fingerprint density at radius 3 is 2.62 bits per heavy atom. The number of hydrogen-bond donors (Lipinski definition) is 2. The Bertz CT molecular complexity index is 552. The Hall–Kier alpha value is -2.11. The van der Waals surface area contributed by atoms with Crippen LogP contribution in [0, 0.1) is 11.2 Å². The van der Waals surface area contributed by atoms with E-state index >= 15 is 0 Å². The van der Waals surface area contributed by atoms with Crippen LogP contribution in [0.25, 0.3) is 0 Å². The molecule has 1 fully saturated rings. The molecule has 114 valence electrons. The molecule has 0 bridgehead atoms. The minimum Gasteiger partial charge on any atom is -0.409 e. The summed E-state index contributed by atoms with van der Waals surface area (Å²) in [6.07, 6.45) is 1.32. The van der Waals surface area contributed by atoms with Crippen molar-refractivity contribution in [1.29, 1.82) is 0 Å². The maximum absolute atomic E-state index is 13.6. The number of rotatable bonds is 3. The Morgan fingerprint density at radius 2 is 2.05 bits per heavy atom. The van der Waals surface area contributed by atoms with Crippen molar-refractivity contribution in [2.75, 3.05) is 13.1 Å². The van der Waals surface area contributed by atoms with E-state index in [2.05, 4.69) is 5.16 Å². The van der Waals surface area contributed by atoms with Crippen molar-refractivity contribution in [1.82, 2.24) is 4.90 Å². The van der Waals surface area contributed by atoms with Crippen LogP contribution in [0.15, 0.2) is 29.4 Å². The first-order chi connectivity index (χ1) is 9.96. The fourth-order valence-electron chi connectivity index (χ4n) is 2.54. The summed E-state index contributed by atoms with van der Waals surface area (Å²) in [5.74, 6) is -0.255. The molecule has 0 unspecified atom stereocenters. The van der Waals surface area contributed by atoms with E-state index in [-0.39, 0.29) is 29.4 Å². The summed E-state index contributed by atoms with van der Waals surface area (Å²) in [5.41, 5.74) is 5.72. The molecule has 5 nitrogen and oxygen atoms in total. The van der Waals surface area contributed by atoms with Gasteiger partial charge >= 0.3 is 0 Å². The normalized spacial score (nSPS) is 18.6. The lowest BCUT2D eigenvalue weighted by Crippen LogP contribution is -2.47. The summed E-state index contributed by atoms with van der Waals surface area (Å²) >= 11 is 0. The number of likely N-dealkylation sites (tertiary alicyclic amines) is 1. The highest BCUT2D eigenvalue weighted by Gasteiger charge is 2.35. The fraction of sp³-hybridized carbons (Fsp3) is 0.467. The second kappa shape index (κ2) is 6.11. The molecule has 1 heterocycles. The van der Waals surface area contributed by atoms with Gasteiger partial charge in [-0.25, -0.2) is 4.39 Å². The molecule has 3 N–H and O–H groups in total. The van der Waals surface area contributed by atoms with Crippen molar-refractivity contribution in [2.24, 2.45) is 16.3 Å². The van der Waals surface area contributed by atoms with Gasteiger partial charge in [-0.1, -0.05) is 30.3 Å². The third-order valence-electron chi connectivity index (χ3n) is 4.25. The standard InChI is InChI=1S/C15H20FN3O2/c1-15(14(17)18-21)6-8-19(9-7-15)13(20)10-11-4-2-3-5-12(11)16/h2-5,21H,6-10H2,1H3,(H2,17,18). The van der Waals surface area contributed by atoms with Gasteiger partial charge in [0.1, 0.15) is 11.7 Å². The quantitative estimate of drug-likeness (QED) is 0.385. The van der Waals surface area contributed by atoms with Gasteiger partial charge in [0.05, 0.1) is 6.42 Å². The third kappa shape index (κ3) is 3.32. The molecule has 1 aliphatic rings. The van der Waals surface area contributed by atoms with E-state index in [1.165, 1.54) is 6.07 Å². The first kappa shape index (κ1) is 15.3. The van der Waals surface area contributed by atoms with E-state index in [4.69, 9.17) is 10.9 Å². The van der Waals surface area contributed by atoms with Gasteiger partial charge in [-0.2, -0.15) is 0 Å². The van der Waals surface area contributed by atoms with E-state index in [9.17, 15) is 9.18 Å². The molecule has 1 aromatic rings. The third-order valence-corrected chi connectivity index (χ3v) is 4.25. The molecule has 1 amide bonds. The average molecular weight is 293 g/mol. The topological polar surface area (TPSA) is 78.9 Å². The second-order valence-electron chi connectivity index (χ2n) is 5.69. The number of oxime groups is 1. The van der Waals surface area contributed by atoms with Crippen LogP contribution in [0.3, 0.4) is 0 Å². The lowest BCUT2D eigenvalue weighted by Gasteiger charge is -2.38. The number of carbonyl (C=O) groups is 1. The number of nitrogens with two attached hydrogens (primary N) is 1. The predicted molar refractivity (Wildman–Crippen MR) is 77.4 cm³/mol. The van der Waals surface area contributed by atoms with Crippen LogP contribution in [0.5, 0.6) is 0 Å². The minimum absolute atomic E-state index is 0.0625. The number of nitrogens with zero attached hydrogens (tertiary/aromatic N) is 2. The summed E-state index contributed by atoms with van der Waals surface area (Å²) < 4.78 is 13.6. The average Bonchev–Trinajstić information content (AvgIpc) is 2.49. The molecule has 0 spiro atoms. The minimum atomic E-state index is -0.385. The number of benzene rings is 1. The Labute approximate surface area is 123 Å². The molecular weight excluding hydrogens is 273 g/mol. The lowest BCUT2D eigenvalue weighted by molar-refractivity contribution is -0.132. The van der Waals surface area contributed by atoms with Crippen molar-refractivity contribution in [3.05, 3.63) is 35.6 Å². The largest absolute Gasteiger partial charge is 0.409 e. The molecule has 0 aliphatic carbocycles.